The van der Waals surface area contributed by atoms with Gasteiger partial charge in [0, 0.05) is 44.6 Å². The van der Waals surface area contributed by atoms with Gasteiger partial charge in [0.05, 0.1) is 5.69 Å². The Morgan fingerprint density at radius 1 is 1.08 bits per heavy atom. The van der Waals surface area contributed by atoms with E-state index >= 15 is 0 Å². The largest absolute Gasteiger partial charge is 0.366 e. The van der Waals surface area contributed by atoms with Crippen LogP contribution in [0.5, 0.6) is 0 Å². The van der Waals surface area contributed by atoms with Crippen LogP contribution in [-0.2, 0) is 4.79 Å². The minimum Gasteiger partial charge on any atom is -0.366 e. The third kappa shape index (κ3) is 3.40. The van der Waals surface area contributed by atoms with Gasteiger partial charge in [0.1, 0.15) is 11.9 Å². The Bertz CT molecular complexity index is 764. The molecule has 2 aliphatic rings. The number of halogens is 1. The summed E-state index contributed by atoms with van der Waals surface area (Å²) in [7, 11) is 0. The van der Waals surface area contributed by atoms with Crippen molar-refractivity contribution in [3.8, 4) is 0 Å². The zero-order chi connectivity index (χ0) is 17.9. The molecule has 1 aromatic carbocycles. The highest BCUT2D eigenvalue weighted by Gasteiger charge is 2.34. The van der Waals surface area contributed by atoms with Crippen LogP contribution >= 0.6 is 0 Å². The predicted octanol–water partition coefficient (Wildman–Crippen LogP) is 1.48. The highest BCUT2D eigenvalue weighted by Crippen LogP contribution is 2.24. The Kier molecular flexibility index (Phi) is 4.81. The van der Waals surface area contributed by atoms with Crippen molar-refractivity contribution < 1.29 is 9.18 Å². The summed E-state index contributed by atoms with van der Waals surface area (Å²) in [5.41, 5.74) is 7.98. The molecule has 4 rings (SSSR count). The number of pyridine rings is 1. The number of para-hydroxylation sites is 1. The Morgan fingerprint density at radius 3 is 2.62 bits per heavy atom. The summed E-state index contributed by atoms with van der Waals surface area (Å²) in [5, 5.41) is 0. The molecular weight excluding hydrogens is 333 g/mol. The molecule has 7 heteroatoms. The number of carbonyl (C=O) groups is 1. The van der Waals surface area contributed by atoms with Gasteiger partial charge in [-0.15, -0.1) is 0 Å². The van der Waals surface area contributed by atoms with E-state index in [1.165, 1.54) is 6.07 Å². The van der Waals surface area contributed by atoms with Crippen molar-refractivity contribution >= 4 is 11.6 Å². The van der Waals surface area contributed by atoms with Gasteiger partial charge in [-0.1, -0.05) is 18.2 Å². The molecule has 3 heterocycles. The van der Waals surface area contributed by atoms with E-state index in [1.807, 2.05) is 34.2 Å². The molecule has 2 atom stereocenters. The molecule has 0 saturated carbocycles. The van der Waals surface area contributed by atoms with Gasteiger partial charge in [-0.3, -0.25) is 9.78 Å². The van der Waals surface area contributed by atoms with E-state index in [0.717, 1.165) is 5.56 Å². The molecule has 0 spiro atoms. The summed E-state index contributed by atoms with van der Waals surface area (Å²) in [6.07, 6.45) is 4.25. The third-order valence-electron chi connectivity index (χ3n) is 5.07. The quantitative estimate of drug-likeness (QED) is 0.873. The van der Waals surface area contributed by atoms with E-state index in [0.29, 0.717) is 38.3 Å². The number of nitrogens with one attached hydrogen (secondary N) is 2. The number of aromatic nitrogens is 1. The fourth-order valence-corrected chi connectivity index (χ4v) is 3.62. The molecule has 0 radical (unpaired) electrons. The first kappa shape index (κ1) is 16.9. The number of benzene rings is 1. The van der Waals surface area contributed by atoms with Crippen molar-refractivity contribution in [2.45, 2.75) is 18.5 Å². The number of hydrogen-bond acceptors (Lipinski definition) is 5. The van der Waals surface area contributed by atoms with Gasteiger partial charge >= 0.3 is 0 Å². The average Bonchev–Trinajstić information content (AvgIpc) is 3.19. The summed E-state index contributed by atoms with van der Waals surface area (Å²) in [6.45, 7) is 2.48. The molecular formula is C19H22FN5O. The van der Waals surface area contributed by atoms with Crippen molar-refractivity contribution in [3.63, 3.8) is 0 Å². The van der Waals surface area contributed by atoms with E-state index < -0.39 is 0 Å². The molecule has 2 aliphatic heterocycles. The molecule has 6 nitrogen and oxygen atoms in total. The average molecular weight is 355 g/mol. The highest BCUT2D eigenvalue weighted by atomic mass is 19.1. The van der Waals surface area contributed by atoms with Gasteiger partial charge in [-0.2, -0.15) is 0 Å². The van der Waals surface area contributed by atoms with E-state index in [1.54, 1.807) is 18.3 Å². The van der Waals surface area contributed by atoms with Crippen LogP contribution in [0.3, 0.4) is 0 Å². The first-order valence-electron chi connectivity index (χ1n) is 8.91. The fourth-order valence-electron chi connectivity index (χ4n) is 3.62. The molecule has 2 fully saturated rings. The maximum Gasteiger partial charge on any atom is 0.241 e. The van der Waals surface area contributed by atoms with Crippen LogP contribution in [0, 0.1) is 5.82 Å². The van der Waals surface area contributed by atoms with E-state index in [4.69, 9.17) is 0 Å². The number of anilines is 1. The van der Waals surface area contributed by atoms with Crippen LogP contribution in [-0.4, -0.2) is 48.0 Å². The second-order valence-corrected chi connectivity index (χ2v) is 6.68. The zero-order valence-corrected chi connectivity index (χ0v) is 14.4. The summed E-state index contributed by atoms with van der Waals surface area (Å²) >= 11 is 0. The lowest BCUT2D eigenvalue weighted by atomic mass is 10.0. The van der Waals surface area contributed by atoms with Crippen molar-refractivity contribution in [2.24, 2.45) is 0 Å². The molecule has 0 aliphatic carbocycles. The van der Waals surface area contributed by atoms with Crippen molar-refractivity contribution in [1.29, 1.82) is 0 Å². The summed E-state index contributed by atoms with van der Waals surface area (Å²) in [6, 6.07) is 10.5. The zero-order valence-electron chi connectivity index (χ0n) is 14.4. The van der Waals surface area contributed by atoms with Crippen molar-refractivity contribution in [3.05, 3.63) is 60.2 Å². The molecule has 0 bridgehead atoms. The van der Waals surface area contributed by atoms with Crippen LogP contribution in [0.4, 0.5) is 10.1 Å². The van der Waals surface area contributed by atoms with Crippen LogP contribution in [0.2, 0.25) is 0 Å². The molecule has 1 amide bonds. The predicted molar refractivity (Wildman–Crippen MR) is 96.8 cm³/mol. The summed E-state index contributed by atoms with van der Waals surface area (Å²) in [4.78, 5) is 20.8. The second kappa shape index (κ2) is 7.39. The highest BCUT2D eigenvalue weighted by molar-refractivity contribution is 5.82. The number of rotatable bonds is 3. The first-order valence-corrected chi connectivity index (χ1v) is 8.91. The smallest absolute Gasteiger partial charge is 0.241 e. The van der Waals surface area contributed by atoms with Crippen LogP contribution in [0.25, 0.3) is 0 Å². The lowest BCUT2D eigenvalue weighted by Crippen LogP contribution is -2.53. The lowest BCUT2D eigenvalue weighted by Gasteiger charge is -2.37. The Labute approximate surface area is 152 Å². The van der Waals surface area contributed by atoms with E-state index in [2.05, 4.69) is 15.8 Å². The van der Waals surface area contributed by atoms with Crippen LogP contribution in [0.1, 0.15) is 18.0 Å². The first-order chi connectivity index (χ1) is 12.7. The van der Waals surface area contributed by atoms with Crippen LogP contribution < -0.4 is 15.8 Å². The minimum atomic E-state index is -0.250. The van der Waals surface area contributed by atoms with E-state index in [-0.39, 0.29) is 23.8 Å². The van der Waals surface area contributed by atoms with Crippen molar-refractivity contribution in [2.75, 3.05) is 31.1 Å². The number of hydrogen-bond donors (Lipinski definition) is 2. The normalized spacial score (nSPS) is 23.3. The van der Waals surface area contributed by atoms with Gasteiger partial charge in [0.2, 0.25) is 5.91 Å². The number of amides is 1. The number of carbonyl (C=O) groups excluding carboxylic acids is 1. The maximum absolute atomic E-state index is 13.9. The standard InChI is InChI=1S/C19H22FN5O/c20-15-5-1-2-6-18(15)24-8-10-25(11-9-24)19(26)17-12-16(22-23-17)14-4-3-7-21-13-14/h1-7,13,16-17,22-23H,8-12H2. The molecule has 1 aromatic heterocycles. The number of hydrazine groups is 1. The molecule has 2 N–H and O–H groups in total. The number of piperazine rings is 1. The Hall–Kier alpha value is -2.51. The molecule has 2 aromatic rings. The number of nitrogens with zero attached hydrogens (tertiary/aromatic N) is 3. The lowest BCUT2D eigenvalue weighted by molar-refractivity contribution is -0.133. The third-order valence-corrected chi connectivity index (χ3v) is 5.07. The molecule has 26 heavy (non-hydrogen) atoms. The summed E-state index contributed by atoms with van der Waals surface area (Å²) < 4.78 is 13.9. The topological polar surface area (TPSA) is 60.5 Å². The van der Waals surface area contributed by atoms with Gasteiger partial charge < -0.3 is 9.80 Å². The maximum atomic E-state index is 13.9. The van der Waals surface area contributed by atoms with Gasteiger partial charge in [0.25, 0.3) is 0 Å². The monoisotopic (exact) mass is 355 g/mol. The molecule has 2 unspecified atom stereocenters. The SMILES string of the molecule is O=C(C1CC(c2cccnc2)NN1)N1CCN(c2ccccc2F)CC1. The Balaban J connectivity index is 1.34. The second-order valence-electron chi connectivity index (χ2n) is 6.68. The Morgan fingerprint density at radius 2 is 1.88 bits per heavy atom. The van der Waals surface area contributed by atoms with E-state index in [9.17, 15) is 9.18 Å². The van der Waals surface area contributed by atoms with Crippen molar-refractivity contribution in [1.82, 2.24) is 20.7 Å². The molecule has 136 valence electrons. The minimum absolute atomic E-state index is 0.0809. The fraction of sp³-hybridized carbons (Fsp3) is 0.368. The molecule has 2 saturated heterocycles. The summed E-state index contributed by atoms with van der Waals surface area (Å²) in [5.74, 6) is -0.120. The van der Waals surface area contributed by atoms with Gasteiger partial charge in [-0.25, -0.2) is 15.2 Å². The van der Waals surface area contributed by atoms with Gasteiger partial charge in [-0.05, 0) is 30.2 Å². The van der Waals surface area contributed by atoms with Crippen LogP contribution in [0.15, 0.2) is 48.8 Å². The van der Waals surface area contributed by atoms with Gasteiger partial charge in [0.15, 0.2) is 0 Å².